The van der Waals surface area contributed by atoms with Crippen LogP contribution in [-0.4, -0.2) is 93.7 Å². The topological polar surface area (TPSA) is 74.2 Å². The third-order valence-corrected chi connectivity index (χ3v) is 8.66. The highest BCUT2D eigenvalue weighted by Gasteiger charge is 2.41. The van der Waals surface area contributed by atoms with E-state index in [-0.39, 0.29) is 29.7 Å². The molecule has 9 heteroatoms. The van der Waals surface area contributed by atoms with Gasteiger partial charge in [0.25, 0.3) is 0 Å². The predicted molar refractivity (Wildman–Crippen MR) is 126 cm³/mol. The lowest BCUT2D eigenvalue weighted by atomic mass is 9.92. The van der Waals surface area contributed by atoms with Gasteiger partial charge in [-0.2, -0.15) is 0 Å². The van der Waals surface area contributed by atoms with Gasteiger partial charge in [-0.1, -0.05) is 26.7 Å². The molecule has 7 nitrogen and oxygen atoms in total. The smallest absolute Gasteiger partial charge is 0.193 e. The minimum atomic E-state index is -3.05. The van der Waals surface area contributed by atoms with Gasteiger partial charge in [0.15, 0.2) is 15.8 Å². The molecular weight excluding hydrogens is 491 g/mol. The van der Waals surface area contributed by atoms with Crippen LogP contribution in [-0.2, 0) is 14.6 Å². The largest absolute Gasteiger partial charge is 0.379 e. The monoisotopic (exact) mass is 530 g/mol. The summed E-state index contributed by atoms with van der Waals surface area (Å²) in [7, 11) is -1.27. The Kier molecular flexibility index (Phi) is 10.5. The molecule has 2 fully saturated rings. The molecule has 0 aliphatic carbocycles. The molecule has 1 unspecified atom stereocenters. The number of nitrogens with zero attached hydrogens (tertiary/aromatic N) is 3. The predicted octanol–water partition coefficient (Wildman–Crippen LogP) is 1.83. The molecule has 0 aromatic rings. The van der Waals surface area contributed by atoms with E-state index in [1.54, 1.807) is 7.05 Å². The molecule has 2 aliphatic heterocycles. The van der Waals surface area contributed by atoms with Gasteiger partial charge in [0.2, 0.25) is 0 Å². The van der Waals surface area contributed by atoms with Gasteiger partial charge in [-0.15, -0.1) is 24.0 Å². The van der Waals surface area contributed by atoms with Crippen molar-refractivity contribution in [3.05, 3.63) is 0 Å². The first-order valence-electron chi connectivity index (χ1n) is 10.3. The zero-order valence-corrected chi connectivity index (χ0v) is 21.3. The Morgan fingerprint density at radius 1 is 1.18 bits per heavy atom. The van der Waals surface area contributed by atoms with Crippen LogP contribution >= 0.6 is 24.0 Å². The average molecular weight is 531 g/mol. The van der Waals surface area contributed by atoms with E-state index in [4.69, 9.17) is 4.74 Å². The zero-order valence-electron chi connectivity index (χ0n) is 18.1. The maximum absolute atomic E-state index is 12.3. The van der Waals surface area contributed by atoms with Gasteiger partial charge in [-0.3, -0.25) is 9.89 Å². The highest BCUT2D eigenvalue weighted by Crippen LogP contribution is 2.24. The Morgan fingerprint density at radius 3 is 2.29 bits per heavy atom. The van der Waals surface area contributed by atoms with Gasteiger partial charge in [0, 0.05) is 45.8 Å². The van der Waals surface area contributed by atoms with Crippen LogP contribution in [0.25, 0.3) is 0 Å². The Morgan fingerprint density at radius 2 is 1.79 bits per heavy atom. The molecule has 0 aromatic heterocycles. The molecule has 166 valence electrons. The second-order valence-electron chi connectivity index (χ2n) is 8.22. The molecule has 0 saturated carbocycles. The Bertz CT molecular complexity index is 602. The van der Waals surface area contributed by atoms with Crippen molar-refractivity contribution in [2.45, 2.75) is 51.3 Å². The van der Waals surface area contributed by atoms with Crippen LogP contribution in [0.2, 0.25) is 0 Å². The van der Waals surface area contributed by atoms with E-state index in [0.29, 0.717) is 25.0 Å². The van der Waals surface area contributed by atoms with E-state index in [9.17, 15) is 8.42 Å². The fourth-order valence-corrected chi connectivity index (χ4v) is 5.55. The van der Waals surface area contributed by atoms with E-state index >= 15 is 0 Å². The lowest BCUT2D eigenvalue weighted by Gasteiger charge is -2.41. The van der Waals surface area contributed by atoms with Crippen LogP contribution in [0.5, 0.6) is 0 Å². The number of halogens is 1. The maximum Gasteiger partial charge on any atom is 0.193 e. The number of hydrogen-bond donors (Lipinski definition) is 1. The molecule has 1 atom stereocenters. The lowest BCUT2D eigenvalue weighted by molar-refractivity contribution is 0.00259. The van der Waals surface area contributed by atoms with Crippen LogP contribution in [0, 0.1) is 5.92 Å². The molecule has 2 aliphatic rings. The first-order valence-corrected chi connectivity index (χ1v) is 11.9. The molecule has 1 N–H and O–H groups in total. The number of morpholine rings is 1. The van der Waals surface area contributed by atoms with Crippen LogP contribution in [0.3, 0.4) is 0 Å². The van der Waals surface area contributed by atoms with Gasteiger partial charge >= 0.3 is 0 Å². The Labute approximate surface area is 188 Å². The first kappa shape index (κ1) is 25.9. The molecule has 0 aromatic carbocycles. The van der Waals surface area contributed by atoms with Gasteiger partial charge in [0.05, 0.1) is 23.7 Å². The third kappa shape index (κ3) is 6.18. The van der Waals surface area contributed by atoms with Gasteiger partial charge in [-0.05, 0) is 19.8 Å². The fourth-order valence-electron chi connectivity index (χ4n) is 4.19. The van der Waals surface area contributed by atoms with Crippen molar-refractivity contribution in [2.75, 3.05) is 58.7 Å². The summed E-state index contributed by atoms with van der Waals surface area (Å²) in [6.07, 6.45) is 2.29. The molecule has 2 rings (SSSR count). The number of hydrogen-bond acceptors (Lipinski definition) is 5. The lowest BCUT2D eigenvalue weighted by Crippen LogP contribution is -2.59. The summed E-state index contributed by atoms with van der Waals surface area (Å²) in [6.45, 7) is 13.5. The van der Waals surface area contributed by atoms with Crippen molar-refractivity contribution < 1.29 is 13.2 Å². The quantitative estimate of drug-likeness (QED) is 0.321. The highest BCUT2D eigenvalue weighted by molar-refractivity contribution is 14.0. The number of sulfone groups is 1. The van der Waals surface area contributed by atoms with Crippen molar-refractivity contribution in [1.82, 2.24) is 15.1 Å². The molecule has 28 heavy (non-hydrogen) atoms. The molecular formula is C19H39IN4O3S. The Balaban J connectivity index is 0.00000392. The third-order valence-electron chi connectivity index (χ3n) is 6.13. The summed E-state index contributed by atoms with van der Waals surface area (Å²) in [4.78, 5) is 9.07. The minimum absolute atomic E-state index is 0. The summed E-state index contributed by atoms with van der Waals surface area (Å²) >= 11 is 0. The van der Waals surface area contributed by atoms with E-state index < -0.39 is 14.6 Å². The summed E-state index contributed by atoms with van der Waals surface area (Å²) < 4.78 is 29.4. The maximum atomic E-state index is 12.3. The van der Waals surface area contributed by atoms with Crippen LogP contribution < -0.4 is 5.32 Å². The summed E-state index contributed by atoms with van der Waals surface area (Å²) in [5.74, 6) is 1.61. The normalized spacial score (nSPS) is 23.9. The Hall–Kier alpha value is -0.130. The van der Waals surface area contributed by atoms with Crippen LogP contribution in [0.1, 0.15) is 40.5 Å². The SMILES string of the molecule is CCC(CC)C(CNC(=NC)N1CCS(=O)(=O)C(C)(C)C1)N1CCOCC1.I. The van der Waals surface area contributed by atoms with Crippen LogP contribution in [0.4, 0.5) is 0 Å². The zero-order chi connectivity index (χ0) is 20.1. The minimum Gasteiger partial charge on any atom is -0.379 e. The molecule has 2 heterocycles. The molecule has 2 saturated heterocycles. The standard InChI is InChI=1S/C19H38N4O3S.HI/c1-6-16(7-2)17(22-8-11-26-12-9-22)14-21-18(20-5)23-10-13-27(24,25)19(3,4)15-23;/h16-17H,6-15H2,1-5H3,(H,20,21);1H. The van der Waals surface area contributed by atoms with Crippen molar-refractivity contribution in [3.63, 3.8) is 0 Å². The van der Waals surface area contributed by atoms with Gasteiger partial charge in [0.1, 0.15) is 0 Å². The van der Waals surface area contributed by atoms with Crippen molar-refractivity contribution in [1.29, 1.82) is 0 Å². The van der Waals surface area contributed by atoms with Gasteiger partial charge < -0.3 is 15.0 Å². The molecule has 0 bridgehead atoms. The van der Waals surface area contributed by atoms with Crippen LogP contribution in [0.15, 0.2) is 4.99 Å². The van der Waals surface area contributed by atoms with E-state index in [1.165, 1.54) is 0 Å². The summed E-state index contributed by atoms with van der Waals surface area (Å²) in [5.41, 5.74) is 0. The fraction of sp³-hybridized carbons (Fsp3) is 0.947. The van der Waals surface area contributed by atoms with Crippen molar-refractivity contribution >= 4 is 39.8 Å². The second kappa shape index (κ2) is 11.3. The van der Waals surface area contributed by atoms with E-state index in [1.807, 2.05) is 13.8 Å². The number of nitrogens with one attached hydrogen (secondary N) is 1. The highest BCUT2D eigenvalue weighted by atomic mass is 127. The first-order chi connectivity index (χ1) is 12.8. The average Bonchev–Trinajstić information content (AvgIpc) is 2.65. The second-order valence-corrected chi connectivity index (χ2v) is 11.0. The number of aliphatic imine (C=N–C) groups is 1. The molecule has 0 radical (unpaired) electrons. The molecule has 0 amide bonds. The number of rotatable bonds is 6. The summed E-state index contributed by atoms with van der Waals surface area (Å²) in [6, 6.07) is 0.433. The molecule has 0 spiro atoms. The summed E-state index contributed by atoms with van der Waals surface area (Å²) in [5, 5.41) is 3.55. The van der Waals surface area contributed by atoms with Crippen molar-refractivity contribution in [3.8, 4) is 0 Å². The van der Waals surface area contributed by atoms with E-state index in [0.717, 1.165) is 51.6 Å². The number of ether oxygens (including phenoxy) is 1. The van der Waals surface area contributed by atoms with Gasteiger partial charge in [-0.25, -0.2) is 8.42 Å². The van der Waals surface area contributed by atoms with Crippen molar-refractivity contribution in [2.24, 2.45) is 10.9 Å². The number of guanidine groups is 1. The van der Waals surface area contributed by atoms with E-state index in [2.05, 4.69) is 34.0 Å².